The van der Waals surface area contributed by atoms with Crippen molar-refractivity contribution in [3.63, 3.8) is 0 Å². The first-order valence-corrected chi connectivity index (χ1v) is 12.4. The highest BCUT2D eigenvalue weighted by atomic mass is 32.2. The summed E-state index contributed by atoms with van der Waals surface area (Å²) in [7, 11) is -3.25. The molecule has 3 rings (SSSR count). The van der Waals surface area contributed by atoms with Gasteiger partial charge in [0, 0.05) is 31.1 Å². The predicted octanol–water partition coefficient (Wildman–Crippen LogP) is 4.04. The maximum Gasteiger partial charge on any atom is 0.409 e. The van der Waals surface area contributed by atoms with Crippen LogP contribution in [0.15, 0.2) is 47.5 Å². The SMILES string of the molecule is CC(C)COC(=O)N1CCC(COc2ccc(-c3ccc(S(C)(=O)=O)cn3)cc2)CC1. The van der Waals surface area contributed by atoms with Gasteiger partial charge in [-0.1, -0.05) is 13.8 Å². The van der Waals surface area contributed by atoms with Gasteiger partial charge < -0.3 is 14.4 Å². The van der Waals surface area contributed by atoms with Crippen LogP contribution in [-0.2, 0) is 14.6 Å². The Balaban J connectivity index is 1.46. The fourth-order valence-electron chi connectivity index (χ4n) is 3.32. The van der Waals surface area contributed by atoms with Crippen LogP contribution in [0.2, 0.25) is 0 Å². The molecule has 7 nitrogen and oxygen atoms in total. The molecule has 0 radical (unpaired) electrons. The lowest BCUT2D eigenvalue weighted by Crippen LogP contribution is -2.40. The van der Waals surface area contributed by atoms with E-state index in [-0.39, 0.29) is 11.0 Å². The van der Waals surface area contributed by atoms with Crippen LogP contribution >= 0.6 is 0 Å². The van der Waals surface area contributed by atoms with E-state index in [1.54, 1.807) is 17.0 Å². The lowest BCUT2D eigenvalue weighted by atomic mass is 9.98. The van der Waals surface area contributed by atoms with Crippen LogP contribution in [0.3, 0.4) is 0 Å². The van der Waals surface area contributed by atoms with E-state index < -0.39 is 9.84 Å². The molecular formula is C23H30N2O5S. The third kappa shape index (κ3) is 6.69. The lowest BCUT2D eigenvalue weighted by molar-refractivity contribution is 0.0733. The molecule has 0 aliphatic carbocycles. The Morgan fingerprint density at radius 3 is 2.35 bits per heavy atom. The normalized spacial score (nSPS) is 15.2. The maximum atomic E-state index is 12.0. The number of aromatic nitrogens is 1. The maximum absolute atomic E-state index is 12.0. The van der Waals surface area contributed by atoms with E-state index in [1.165, 1.54) is 6.20 Å². The first-order chi connectivity index (χ1) is 14.7. The Hall–Kier alpha value is -2.61. The monoisotopic (exact) mass is 446 g/mol. The summed E-state index contributed by atoms with van der Waals surface area (Å²) >= 11 is 0. The molecule has 31 heavy (non-hydrogen) atoms. The molecule has 8 heteroatoms. The third-order valence-corrected chi connectivity index (χ3v) is 6.31. The third-order valence-electron chi connectivity index (χ3n) is 5.21. The number of carbonyl (C=O) groups excluding carboxylic acids is 1. The van der Waals surface area contributed by atoms with E-state index in [0.717, 1.165) is 30.4 Å². The van der Waals surface area contributed by atoms with Gasteiger partial charge in [-0.2, -0.15) is 0 Å². The van der Waals surface area contributed by atoms with Crippen molar-refractivity contribution in [2.45, 2.75) is 31.6 Å². The molecule has 0 N–H and O–H groups in total. The fourth-order valence-corrected chi connectivity index (χ4v) is 3.88. The quantitative estimate of drug-likeness (QED) is 0.638. The summed E-state index contributed by atoms with van der Waals surface area (Å²) in [6.45, 7) is 6.49. The molecule has 168 valence electrons. The van der Waals surface area contributed by atoms with E-state index in [9.17, 15) is 13.2 Å². The van der Waals surface area contributed by atoms with Gasteiger partial charge in [-0.15, -0.1) is 0 Å². The number of nitrogens with zero attached hydrogens (tertiary/aromatic N) is 2. The second-order valence-electron chi connectivity index (χ2n) is 8.39. The molecule has 1 amide bonds. The van der Waals surface area contributed by atoms with Crippen LogP contribution < -0.4 is 4.74 Å². The molecule has 0 saturated carbocycles. The number of benzene rings is 1. The zero-order valence-electron chi connectivity index (χ0n) is 18.3. The summed E-state index contributed by atoms with van der Waals surface area (Å²) in [4.78, 5) is 18.3. The summed E-state index contributed by atoms with van der Waals surface area (Å²) in [5.74, 6) is 1.51. The number of rotatable bonds is 7. The zero-order chi connectivity index (χ0) is 22.4. The van der Waals surface area contributed by atoms with Crippen molar-refractivity contribution in [3.8, 4) is 17.0 Å². The Morgan fingerprint density at radius 1 is 1.13 bits per heavy atom. The molecule has 0 spiro atoms. The average molecular weight is 447 g/mol. The van der Waals surface area contributed by atoms with Gasteiger partial charge in [0.2, 0.25) is 0 Å². The van der Waals surface area contributed by atoms with E-state index in [2.05, 4.69) is 4.98 Å². The molecule has 1 aromatic heterocycles. The van der Waals surface area contributed by atoms with Gasteiger partial charge in [-0.3, -0.25) is 4.98 Å². The number of sulfone groups is 1. The molecule has 0 unspecified atom stereocenters. The van der Waals surface area contributed by atoms with Crippen molar-refractivity contribution in [1.82, 2.24) is 9.88 Å². The van der Waals surface area contributed by atoms with Crippen molar-refractivity contribution < 1.29 is 22.7 Å². The van der Waals surface area contributed by atoms with Gasteiger partial charge in [0.1, 0.15) is 5.75 Å². The van der Waals surface area contributed by atoms with Gasteiger partial charge in [-0.25, -0.2) is 13.2 Å². The van der Waals surface area contributed by atoms with Gasteiger partial charge in [0.05, 0.1) is 23.8 Å². The highest BCUT2D eigenvalue weighted by Gasteiger charge is 2.24. The number of ether oxygens (including phenoxy) is 2. The molecule has 0 bridgehead atoms. The molecule has 2 aromatic rings. The van der Waals surface area contributed by atoms with E-state index >= 15 is 0 Å². The smallest absolute Gasteiger partial charge is 0.409 e. The molecule has 1 aromatic carbocycles. The summed E-state index contributed by atoms with van der Waals surface area (Å²) in [6, 6.07) is 10.9. The largest absolute Gasteiger partial charge is 0.493 e. The first-order valence-electron chi connectivity index (χ1n) is 10.5. The molecule has 0 atom stereocenters. The molecule has 1 fully saturated rings. The highest BCUT2D eigenvalue weighted by molar-refractivity contribution is 7.90. The van der Waals surface area contributed by atoms with Gasteiger partial charge in [0.25, 0.3) is 0 Å². The summed E-state index contributed by atoms with van der Waals surface area (Å²) < 4.78 is 34.3. The van der Waals surface area contributed by atoms with Gasteiger partial charge in [0.15, 0.2) is 9.84 Å². The van der Waals surface area contributed by atoms with Crippen molar-refractivity contribution >= 4 is 15.9 Å². The molecular weight excluding hydrogens is 416 g/mol. The summed E-state index contributed by atoms with van der Waals surface area (Å²) in [6.07, 6.45) is 4.11. The van der Waals surface area contributed by atoms with Crippen molar-refractivity contribution in [2.24, 2.45) is 11.8 Å². The van der Waals surface area contributed by atoms with Crippen LogP contribution in [-0.4, -0.2) is 57.0 Å². The number of hydrogen-bond acceptors (Lipinski definition) is 6. The van der Waals surface area contributed by atoms with Crippen molar-refractivity contribution in [2.75, 3.05) is 32.6 Å². The standard InChI is InChI=1S/C23H30N2O5S/c1-17(2)15-30-23(26)25-12-10-18(11-13-25)16-29-20-6-4-19(5-7-20)22-9-8-21(14-24-22)31(3,27)28/h4-9,14,17-18H,10-13,15-16H2,1-3H3. The van der Waals surface area contributed by atoms with Crippen LogP contribution in [0.25, 0.3) is 11.3 Å². The second kappa shape index (κ2) is 10.1. The summed E-state index contributed by atoms with van der Waals surface area (Å²) in [5, 5.41) is 0. The lowest BCUT2D eigenvalue weighted by Gasteiger charge is -2.31. The molecule has 2 heterocycles. The molecule has 1 saturated heterocycles. The minimum Gasteiger partial charge on any atom is -0.493 e. The Morgan fingerprint density at radius 2 is 1.81 bits per heavy atom. The van der Waals surface area contributed by atoms with E-state index in [0.29, 0.717) is 43.8 Å². The van der Waals surface area contributed by atoms with Crippen LogP contribution in [0.4, 0.5) is 4.79 Å². The highest BCUT2D eigenvalue weighted by Crippen LogP contribution is 2.24. The van der Waals surface area contributed by atoms with Crippen LogP contribution in [0.5, 0.6) is 5.75 Å². The van der Waals surface area contributed by atoms with Crippen LogP contribution in [0.1, 0.15) is 26.7 Å². The van der Waals surface area contributed by atoms with E-state index in [1.807, 2.05) is 38.1 Å². The topological polar surface area (TPSA) is 85.8 Å². The minimum atomic E-state index is -3.25. The second-order valence-corrected chi connectivity index (χ2v) is 10.4. The Bertz CT molecular complexity index is 964. The Kier molecular flexibility index (Phi) is 7.54. The van der Waals surface area contributed by atoms with Gasteiger partial charge >= 0.3 is 6.09 Å². The first kappa shape index (κ1) is 23.1. The molecule has 1 aliphatic rings. The number of piperidine rings is 1. The minimum absolute atomic E-state index is 0.204. The predicted molar refractivity (Wildman–Crippen MR) is 119 cm³/mol. The molecule has 1 aliphatic heterocycles. The summed E-state index contributed by atoms with van der Waals surface area (Å²) in [5.41, 5.74) is 1.59. The number of hydrogen-bond donors (Lipinski definition) is 0. The number of pyridine rings is 1. The number of amides is 1. The van der Waals surface area contributed by atoms with E-state index in [4.69, 9.17) is 9.47 Å². The Labute approximate surface area is 184 Å². The van der Waals surface area contributed by atoms with Crippen molar-refractivity contribution in [3.05, 3.63) is 42.6 Å². The van der Waals surface area contributed by atoms with Crippen molar-refractivity contribution in [1.29, 1.82) is 0 Å². The van der Waals surface area contributed by atoms with Crippen LogP contribution in [0, 0.1) is 11.8 Å². The fraction of sp³-hybridized carbons (Fsp3) is 0.478. The zero-order valence-corrected chi connectivity index (χ0v) is 19.1. The average Bonchev–Trinajstić information content (AvgIpc) is 2.76. The number of likely N-dealkylation sites (tertiary alicyclic amines) is 1. The number of carbonyl (C=O) groups is 1. The van der Waals surface area contributed by atoms with Gasteiger partial charge in [-0.05, 0) is 61.1 Å².